The number of fused-ring (bicyclic) bond motifs is 1. The van der Waals surface area contributed by atoms with Crippen LogP contribution in [0.25, 0.3) is 11.4 Å². The maximum atomic E-state index is 13.5. The van der Waals surface area contributed by atoms with Crippen molar-refractivity contribution in [2.45, 2.75) is 64.7 Å². The first kappa shape index (κ1) is 30.2. The van der Waals surface area contributed by atoms with Gasteiger partial charge in [0.2, 0.25) is 17.7 Å². The van der Waals surface area contributed by atoms with Gasteiger partial charge >= 0.3 is 0 Å². The van der Waals surface area contributed by atoms with Crippen molar-refractivity contribution < 1.29 is 14.4 Å². The zero-order valence-electron chi connectivity index (χ0n) is 23.9. The number of benzene rings is 1. The van der Waals surface area contributed by atoms with Crippen molar-refractivity contribution in [3.05, 3.63) is 48.8 Å². The molecule has 0 saturated carbocycles. The molecular formula is C28H39N9O3S. The number of nitrogens with zero attached hydrogens (tertiary/aromatic N) is 7. The largest absolute Gasteiger partial charge is 0.344 e. The van der Waals surface area contributed by atoms with Crippen molar-refractivity contribution in [3.63, 3.8) is 0 Å². The number of thioether (sulfide) groups is 1. The first-order chi connectivity index (χ1) is 19.9. The van der Waals surface area contributed by atoms with Gasteiger partial charge in [0, 0.05) is 38.0 Å². The molecule has 41 heavy (non-hydrogen) atoms. The van der Waals surface area contributed by atoms with E-state index in [-0.39, 0.29) is 36.5 Å². The lowest BCUT2D eigenvalue weighted by Gasteiger charge is -2.28. The molecular weight excluding hydrogens is 542 g/mol. The van der Waals surface area contributed by atoms with E-state index in [9.17, 15) is 14.4 Å². The highest BCUT2D eigenvalue weighted by molar-refractivity contribution is 7.98. The summed E-state index contributed by atoms with van der Waals surface area (Å²) in [5.74, 6) is 1.45. The highest BCUT2D eigenvalue weighted by Crippen LogP contribution is 2.25. The molecule has 3 amide bonds. The summed E-state index contributed by atoms with van der Waals surface area (Å²) in [6, 6.07) is 8.59. The van der Waals surface area contributed by atoms with Gasteiger partial charge < -0.3 is 20.1 Å². The molecule has 0 bridgehead atoms. The zero-order chi connectivity index (χ0) is 29.2. The smallest absolute Gasteiger partial charge is 0.243 e. The first-order valence-corrected chi connectivity index (χ1v) is 15.4. The summed E-state index contributed by atoms with van der Waals surface area (Å²) >= 11 is 1.63. The van der Waals surface area contributed by atoms with E-state index in [0.717, 1.165) is 11.3 Å². The maximum absolute atomic E-state index is 13.5. The van der Waals surface area contributed by atoms with Crippen LogP contribution in [-0.4, -0.2) is 83.3 Å². The van der Waals surface area contributed by atoms with Gasteiger partial charge in [-0.15, -0.1) is 10.2 Å². The van der Waals surface area contributed by atoms with Crippen molar-refractivity contribution in [2.24, 2.45) is 5.92 Å². The Kier molecular flexibility index (Phi) is 10.9. The van der Waals surface area contributed by atoms with Gasteiger partial charge in [-0.25, -0.2) is 9.67 Å². The average Bonchev–Trinajstić information content (AvgIpc) is 3.64. The van der Waals surface area contributed by atoms with E-state index in [0.29, 0.717) is 50.7 Å². The highest BCUT2D eigenvalue weighted by Gasteiger charge is 2.30. The summed E-state index contributed by atoms with van der Waals surface area (Å²) in [6.45, 7) is 5.71. The minimum atomic E-state index is -0.661. The molecule has 4 rings (SSSR count). The Balaban J connectivity index is 1.66. The summed E-state index contributed by atoms with van der Waals surface area (Å²) in [5.41, 5.74) is 0.867. The number of nitrogens with one attached hydrogen (secondary N) is 2. The van der Waals surface area contributed by atoms with E-state index in [2.05, 4.69) is 20.8 Å². The summed E-state index contributed by atoms with van der Waals surface area (Å²) in [7, 11) is 0. The molecule has 0 saturated heterocycles. The predicted molar refractivity (Wildman–Crippen MR) is 157 cm³/mol. The van der Waals surface area contributed by atoms with Gasteiger partial charge in [-0.2, -0.15) is 16.9 Å². The van der Waals surface area contributed by atoms with Crippen LogP contribution in [0.1, 0.15) is 51.4 Å². The maximum Gasteiger partial charge on any atom is 0.243 e. The number of hydrogen-bond acceptors (Lipinski definition) is 8. The number of aryl methyl sites for hydroxylation is 1. The van der Waals surface area contributed by atoms with Crippen LogP contribution in [0.3, 0.4) is 0 Å². The molecule has 2 aromatic heterocycles. The fraction of sp³-hybridized carbons (Fsp3) is 0.536. The molecule has 3 heterocycles. The van der Waals surface area contributed by atoms with Gasteiger partial charge in [0.05, 0.1) is 12.6 Å². The van der Waals surface area contributed by atoms with E-state index in [1.807, 2.05) is 55.1 Å². The lowest BCUT2D eigenvalue weighted by molar-refractivity contribution is -0.132. The van der Waals surface area contributed by atoms with Crippen LogP contribution in [0.5, 0.6) is 0 Å². The zero-order valence-corrected chi connectivity index (χ0v) is 24.7. The van der Waals surface area contributed by atoms with Gasteiger partial charge in [0.25, 0.3) is 0 Å². The van der Waals surface area contributed by atoms with E-state index in [1.165, 1.54) is 0 Å². The molecule has 1 aromatic carbocycles. The van der Waals surface area contributed by atoms with E-state index in [4.69, 9.17) is 10.1 Å². The Labute approximate surface area is 244 Å². The highest BCUT2D eigenvalue weighted by atomic mass is 32.2. The second-order valence-corrected chi connectivity index (χ2v) is 11.4. The minimum Gasteiger partial charge on any atom is -0.344 e. The molecule has 1 aliphatic heterocycles. The third kappa shape index (κ3) is 8.38. The molecule has 3 aromatic rings. The fourth-order valence-electron chi connectivity index (χ4n) is 4.74. The van der Waals surface area contributed by atoms with Gasteiger partial charge in [-0.3, -0.25) is 14.4 Å². The first-order valence-electron chi connectivity index (χ1n) is 14.0. The van der Waals surface area contributed by atoms with Gasteiger partial charge in [0.15, 0.2) is 11.6 Å². The normalized spacial score (nSPS) is 18.9. The monoisotopic (exact) mass is 581 g/mol. The standard InChI is InChI=1S/C28H39N9O3S/c1-20(2)25-27-33-26(21-8-5-4-6-9-21)34-37(27)16-15-36(24(39)11-14-35-18-29-30-19-35)13-7-10-23(38)31-22(12-17-41-3)28(40)32-25/h4-6,8-9,18-20,22,25H,7,10-17H2,1-3H3,(H,31,38)(H,32,40)/t22-,25+/m0/s1. The molecule has 0 spiro atoms. The van der Waals surface area contributed by atoms with Gasteiger partial charge in [-0.1, -0.05) is 44.2 Å². The lowest BCUT2D eigenvalue weighted by Crippen LogP contribution is -2.49. The van der Waals surface area contributed by atoms with Crippen LogP contribution in [0.15, 0.2) is 43.0 Å². The minimum absolute atomic E-state index is 0.00291. The number of amides is 3. The summed E-state index contributed by atoms with van der Waals surface area (Å²) in [4.78, 5) is 46.3. The second kappa shape index (κ2) is 14.8. The average molecular weight is 582 g/mol. The molecule has 2 N–H and O–H groups in total. The molecule has 0 unspecified atom stereocenters. The second-order valence-electron chi connectivity index (χ2n) is 10.4. The van der Waals surface area contributed by atoms with Gasteiger partial charge in [0.1, 0.15) is 18.7 Å². The number of aromatic nitrogens is 6. The third-order valence-electron chi connectivity index (χ3n) is 7.05. The number of carbonyl (C=O) groups is 3. The van der Waals surface area contributed by atoms with Gasteiger partial charge in [-0.05, 0) is 30.8 Å². The summed E-state index contributed by atoms with van der Waals surface area (Å²) < 4.78 is 3.58. The van der Waals surface area contributed by atoms with Crippen molar-refractivity contribution in [3.8, 4) is 11.4 Å². The van der Waals surface area contributed by atoms with E-state index < -0.39 is 12.1 Å². The molecule has 13 heteroatoms. The SMILES string of the molecule is CSCC[C@@H]1NC(=O)CCCN(C(=O)CCn2cnnc2)CCn2nc(-c3ccccc3)nc2[C@@H](C(C)C)NC1=O. The van der Waals surface area contributed by atoms with Crippen molar-refractivity contribution >= 4 is 29.5 Å². The van der Waals surface area contributed by atoms with E-state index in [1.54, 1.807) is 33.9 Å². The third-order valence-corrected chi connectivity index (χ3v) is 7.70. The lowest BCUT2D eigenvalue weighted by atomic mass is 10.0. The Morgan fingerprint density at radius 2 is 1.83 bits per heavy atom. The molecule has 1 aliphatic rings. The molecule has 0 radical (unpaired) electrons. The molecule has 220 valence electrons. The summed E-state index contributed by atoms with van der Waals surface area (Å²) in [5, 5.41) is 18.5. The van der Waals surface area contributed by atoms with Crippen molar-refractivity contribution in [1.82, 2.24) is 45.1 Å². The topological polar surface area (TPSA) is 140 Å². The fourth-order valence-corrected chi connectivity index (χ4v) is 5.21. The van der Waals surface area contributed by atoms with Crippen LogP contribution in [0, 0.1) is 5.92 Å². The Bertz CT molecular complexity index is 1280. The molecule has 0 fully saturated rings. The number of carbonyl (C=O) groups excluding carboxylic acids is 3. The number of hydrogen-bond donors (Lipinski definition) is 2. The predicted octanol–water partition coefficient (Wildman–Crippen LogP) is 2.30. The molecule has 0 aliphatic carbocycles. The van der Waals surface area contributed by atoms with Crippen LogP contribution in [0.2, 0.25) is 0 Å². The summed E-state index contributed by atoms with van der Waals surface area (Å²) in [6.07, 6.45) is 6.64. The van der Waals surface area contributed by atoms with Crippen LogP contribution >= 0.6 is 11.8 Å². The Morgan fingerprint density at radius 3 is 2.54 bits per heavy atom. The Morgan fingerprint density at radius 1 is 1.07 bits per heavy atom. The Hall–Kier alpha value is -3.74. The van der Waals surface area contributed by atoms with Crippen LogP contribution in [0.4, 0.5) is 0 Å². The quantitative estimate of drug-likeness (QED) is 0.413. The van der Waals surface area contributed by atoms with E-state index >= 15 is 0 Å². The van der Waals surface area contributed by atoms with Crippen molar-refractivity contribution in [2.75, 3.05) is 25.1 Å². The molecule has 12 nitrogen and oxygen atoms in total. The van der Waals surface area contributed by atoms with Crippen LogP contribution in [-0.2, 0) is 27.5 Å². The molecule has 2 atom stereocenters. The van der Waals surface area contributed by atoms with Crippen LogP contribution < -0.4 is 10.6 Å². The number of rotatable bonds is 8. The van der Waals surface area contributed by atoms with Crippen molar-refractivity contribution in [1.29, 1.82) is 0 Å².